The molecule has 0 saturated heterocycles. The number of aryl methyl sites for hydroxylation is 2. The van der Waals surface area contributed by atoms with Gasteiger partial charge in [-0.3, -0.25) is 4.98 Å². The van der Waals surface area contributed by atoms with E-state index in [1.807, 2.05) is 43.5 Å². The van der Waals surface area contributed by atoms with E-state index in [9.17, 15) is 0 Å². The SMILES string of the molecule is CCn1c(CC(N)c2ccnc(C)c2)nc2ccccc21. The highest BCUT2D eigenvalue weighted by atomic mass is 15.1. The maximum absolute atomic E-state index is 6.36. The van der Waals surface area contributed by atoms with Gasteiger partial charge in [0.15, 0.2) is 0 Å². The zero-order valence-corrected chi connectivity index (χ0v) is 12.5. The van der Waals surface area contributed by atoms with Crippen molar-refractivity contribution in [2.45, 2.75) is 32.9 Å². The Hall–Kier alpha value is -2.20. The molecule has 1 atom stereocenters. The molecule has 1 unspecified atom stereocenters. The van der Waals surface area contributed by atoms with Crippen molar-refractivity contribution in [3.63, 3.8) is 0 Å². The number of para-hydroxylation sites is 2. The summed E-state index contributed by atoms with van der Waals surface area (Å²) in [6.45, 7) is 5.02. The number of aromatic nitrogens is 3. The average Bonchev–Trinajstić information content (AvgIpc) is 2.84. The number of rotatable bonds is 4. The summed E-state index contributed by atoms with van der Waals surface area (Å²) < 4.78 is 2.24. The molecule has 0 aliphatic carbocycles. The Morgan fingerprint density at radius 3 is 2.81 bits per heavy atom. The lowest BCUT2D eigenvalue weighted by Crippen LogP contribution is -2.16. The quantitative estimate of drug-likeness (QED) is 0.799. The summed E-state index contributed by atoms with van der Waals surface area (Å²) in [5.74, 6) is 1.04. The van der Waals surface area contributed by atoms with Crippen LogP contribution in [-0.2, 0) is 13.0 Å². The van der Waals surface area contributed by atoms with Gasteiger partial charge in [-0.05, 0) is 43.7 Å². The van der Waals surface area contributed by atoms with Crippen LogP contribution in [0.25, 0.3) is 11.0 Å². The summed E-state index contributed by atoms with van der Waals surface area (Å²) >= 11 is 0. The van der Waals surface area contributed by atoms with Gasteiger partial charge in [0.2, 0.25) is 0 Å². The first-order chi connectivity index (χ1) is 10.2. The van der Waals surface area contributed by atoms with E-state index in [-0.39, 0.29) is 6.04 Å². The van der Waals surface area contributed by atoms with Crippen molar-refractivity contribution < 1.29 is 0 Å². The van der Waals surface area contributed by atoms with E-state index >= 15 is 0 Å². The van der Waals surface area contributed by atoms with Gasteiger partial charge in [0.05, 0.1) is 11.0 Å². The predicted octanol–water partition coefficient (Wildman–Crippen LogP) is 3.00. The van der Waals surface area contributed by atoms with Crippen molar-refractivity contribution in [1.29, 1.82) is 0 Å². The number of pyridine rings is 1. The van der Waals surface area contributed by atoms with Crippen LogP contribution in [-0.4, -0.2) is 14.5 Å². The van der Waals surface area contributed by atoms with Crippen LogP contribution in [0, 0.1) is 6.92 Å². The standard InChI is InChI=1S/C17H20N4/c1-3-21-16-7-5-4-6-15(16)20-17(21)11-14(18)13-8-9-19-12(2)10-13/h4-10,14H,3,11,18H2,1-2H3. The van der Waals surface area contributed by atoms with E-state index in [1.165, 1.54) is 5.52 Å². The molecule has 2 aromatic heterocycles. The molecule has 21 heavy (non-hydrogen) atoms. The second kappa shape index (κ2) is 5.66. The highest BCUT2D eigenvalue weighted by molar-refractivity contribution is 5.75. The largest absolute Gasteiger partial charge is 0.328 e. The van der Waals surface area contributed by atoms with Gasteiger partial charge in [-0.25, -0.2) is 4.98 Å². The molecule has 0 radical (unpaired) electrons. The van der Waals surface area contributed by atoms with Crippen LogP contribution in [0.15, 0.2) is 42.6 Å². The summed E-state index contributed by atoms with van der Waals surface area (Å²) in [7, 11) is 0. The molecule has 108 valence electrons. The second-order valence-electron chi connectivity index (χ2n) is 5.30. The third-order valence-corrected chi connectivity index (χ3v) is 3.80. The van der Waals surface area contributed by atoms with Gasteiger partial charge in [-0.1, -0.05) is 12.1 Å². The minimum Gasteiger partial charge on any atom is -0.328 e. The van der Waals surface area contributed by atoms with Gasteiger partial charge in [-0.15, -0.1) is 0 Å². The van der Waals surface area contributed by atoms with Crippen molar-refractivity contribution in [2.24, 2.45) is 5.73 Å². The van der Waals surface area contributed by atoms with E-state index in [0.717, 1.165) is 35.6 Å². The van der Waals surface area contributed by atoms with Crippen LogP contribution >= 0.6 is 0 Å². The number of fused-ring (bicyclic) bond motifs is 1. The third-order valence-electron chi connectivity index (χ3n) is 3.80. The summed E-state index contributed by atoms with van der Waals surface area (Å²) in [6, 6.07) is 12.2. The monoisotopic (exact) mass is 280 g/mol. The van der Waals surface area contributed by atoms with Crippen molar-refractivity contribution in [3.05, 3.63) is 59.7 Å². The molecule has 2 heterocycles. The molecular formula is C17H20N4. The zero-order chi connectivity index (χ0) is 14.8. The summed E-state index contributed by atoms with van der Waals surface area (Å²) in [4.78, 5) is 8.96. The third kappa shape index (κ3) is 2.67. The lowest BCUT2D eigenvalue weighted by molar-refractivity contribution is 0.636. The number of nitrogens with zero attached hydrogens (tertiary/aromatic N) is 3. The summed E-state index contributed by atoms with van der Waals surface area (Å²) in [5, 5.41) is 0. The molecule has 0 aliphatic rings. The lowest BCUT2D eigenvalue weighted by atomic mass is 10.0. The lowest BCUT2D eigenvalue weighted by Gasteiger charge is -2.13. The van der Waals surface area contributed by atoms with Gasteiger partial charge < -0.3 is 10.3 Å². The molecule has 0 fully saturated rings. The van der Waals surface area contributed by atoms with Crippen LogP contribution in [0.3, 0.4) is 0 Å². The predicted molar refractivity (Wildman–Crippen MR) is 85.0 cm³/mol. The fourth-order valence-electron chi connectivity index (χ4n) is 2.75. The van der Waals surface area contributed by atoms with E-state index < -0.39 is 0 Å². The number of nitrogens with two attached hydrogens (primary N) is 1. The molecule has 2 N–H and O–H groups in total. The van der Waals surface area contributed by atoms with Gasteiger partial charge in [0, 0.05) is 30.9 Å². The maximum atomic E-state index is 6.36. The van der Waals surface area contributed by atoms with Crippen molar-refractivity contribution in [3.8, 4) is 0 Å². The Labute approximate surface area is 124 Å². The van der Waals surface area contributed by atoms with Gasteiger partial charge in [0.1, 0.15) is 5.82 Å². The fraction of sp³-hybridized carbons (Fsp3) is 0.294. The smallest absolute Gasteiger partial charge is 0.111 e. The first-order valence-electron chi connectivity index (χ1n) is 7.31. The summed E-state index contributed by atoms with van der Waals surface area (Å²) in [5.41, 5.74) is 10.7. The highest BCUT2D eigenvalue weighted by Crippen LogP contribution is 2.21. The second-order valence-corrected chi connectivity index (χ2v) is 5.30. The molecular weight excluding hydrogens is 260 g/mol. The van der Waals surface area contributed by atoms with Crippen LogP contribution < -0.4 is 5.73 Å². The molecule has 0 bridgehead atoms. The van der Waals surface area contributed by atoms with E-state index in [2.05, 4.69) is 22.5 Å². The Balaban J connectivity index is 1.94. The van der Waals surface area contributed by atoms with Crippen LogP contribution in [0.2, 0.25) is 0 Å². The first kappa shape index (κ1) is 13.8. The van der Waals surface area contributed by atoms with Gasteiger partial charge in [-0.2, -0.15) is 0 Å². The van der Waals surface area contributed by atoms with E-state index in [1.54, 1.807) is 0 Å². The molecule has 4 heteroatoms. The van der Waals surface area contributed by atoms with E-state index in [4.69, 9.17) is 10.7 Å². The zero-order valence-electron chi connectivity index (χ0n) is 12.5. The van der Waals surface area contributed by atoms with Crippen LogP contribution in [0.1, 0.15) is 30.0 Å². The normalized spacial score (nSPS) is 12.7. The van der Waals surface area contributed by atoms with Gasteiger partial charge >= 0.3 is 0 Å². The van der Waals surface area contributed by atoms with Crippen molar-refractivity contribution in [2.75, 3.05) is 0 Å². The highest BCUT2D eigenvalue weighted by Gasteiger charge is 2.14. The Kier molecular flexibility index (Phi) is 3.71. The van der Waals surface area contributed by atoms with Crippen molar-refractivity contribution in [1.82, 2.24) is 14.5 Å². The average molecular weight is 280 g/mol. The Morgan fingerprint density at radius 2 is 2.05 bits per heavy atom. The van der Waals surface area contributed by atoms with E-state index in [0.29, 0.717) is 0 Å². The molecule has 0 aliphatic heterocycles. The van der Waals surface area contributed by atoms with Crippen molar-refractivity contribution >= 4 is 11.0 Å². The topological polar surface area (TPSA) is 56.7 Å². The fourth-order valence-corrected chi connectivity index (χ4v) is 2.75. The molecule has 0 amide bonds. The molecule has 3 rings (SSSR count). The Morgan fingerprint density at radius 1 is 1.24 bits per heavy atom. The molecule has 3 aromatic rings. The molecule has 4 nitrogen and oxygen atoms in total. The molecule has 1 aromatic carbocycles. The maximum Gasteiger partial charge on any atom is 0.111 e. The minimum atomic E-state index is -0.0613. The summed E-state index contributed by atoms with van der Waals surface area (Å²) in [6.07, 6.45) is 2.54. The minimum absolute atomic E-state index is 0.0613. The number of hydrogen-bond donors (Lipinski definition) is 1. The number of hydrogen-bond acceptors (Lipinski definition) is 3. The van der Waals surface area contributed by atoms with Gasteiger partial charge in [0.25, 0.3) is 0 Å². The van der Waals surface area contributed by atoms with Crippen LogP contribution in [0.4, 0.5) is 0 Å². The number of imidazole rings is 1. The number of benzene rings is 1. The molecule has 0 spiro atoms. The molecule has 0 saturated carbocycles. The first-order valence-corrected chi connectivity index (χ1v) is 7.31. The Bertz CT molecular complexity index is 760. The van der Waals surface area contributed by atoms with Crippen LogP contribution in [0.5, 0.6) is 0 Å².